The fourth-order valence-electron chi connectivity index (χ4n) is 0.769. The van der Waals surface area contributed by atoms with E-state index < -0.39 is 0 Å². The van der Waals surface area contributed by atoms with E-state index in [0.29, 0.717) is 0 Å². The zero-order valence-corrected chi connectivity index (χ0v) is 7.27. The summed E-state index contributed by atoms with van der Waals surface area (Å²) in [4.78, 5) is 8.97. The van der Waals surface area contributed by atoms with Crippen molar-refractivity contribution >= 4 is 24.3 Å². The SMILES string of the molecule is C=Nc1ncccc1SCC. The Hall–Kier alpha value is -0.830. The summed E-state index contributed by atoms with van der Waals surface area (Å²) in [5.74, 6) is 1.77. The third-order valence-electron chi connectivity index (χ3n) is 1.20. The van der Waals surface area contributed by atoms with Crippen LogP contribution in [0.15, 0.2) is 28.2 Å². The van der Waals surface area contributed by atoms with Gasteiger partial charge in [-0.2, -0.15) is 0 Å². The lowest BCUT2D eigenvalue weighted by Gasteiger charge is -1.99. The predicted molar refractivity (Wildman–Crippen MR) is 49.8 cm³/mol. The molecule has 0 saturated carbocycles. The molecule has 11 heavy (non-hydrogen) atoms. The topological polar surface area (TPSA) is 25.2 Å². The molecule has 1 rings (SSSR count). The van der Waals surface area contributed by atoms with E-state index in [9.17, 15) is 0 Å². The van der Waals surface area contributed by atoms with Gasteiger partial charge in [0, 0.05) is 6.20 Å². The highest BCUT2D eigenvalue weighted by atomic mass is 32.2. The number of rotatable bonds is 3. The van der Waals surface area contributed by atoms with Crippen LogP contribution in [-0.2, 0) is 0 Å². The van der Waals surface area contributed by atoms with Crippen molar-refractivity contribution in [2.75, 3.05) is 5.75 Å². The van der Waals surface area contributed by atoms with Gasteiger partial charge in [0.15, 0.2) is 5.82 Å². The van der Waals surface area contributed by atoms with E-state index in [4.69, 9.17) is 0 Å². The van der Waals surface area contributed by atoms with E-state index in [0.717, 1.165) is 16.5 Å². The van der Waals surface area contributed by atoms with Gasteiger partial charge in [-0.05, 0) is 24.6 Å². The third-order valence-corrected chi connectivity index (χ3v) is 2.12. The summed E-state index contributed by atoms with van der Waals surface area (Å²) in [7, 11) is 0. The normalized spacial score (nSPS) is 9.55. The first-order valence-electron chi connectivity index (χ1n) is 3.43. The number of hydrogen-bond acceptors (Lipinski definition) is 3. The Morgan fingerprint density at radius 3 is 3.18 bits per heavy atom. The maximum atomic E-state index is 4.07. The smallest absolute Gasteiger partial charge is 0.165 e. The molecule has 0 aromatic carbocycles. The molecule has 2 nitrogen and oxygen atoms in total. The van der Waals surface area contributed by atoms with Gasteiger partial charge in [0.1, 0.15) is 0 Å². The summed E-state index contributed by atoms with van der Waals surface area (Å²) in [6.45, 7) is 5.55. The Morgan fingerprint density at radius 2 is 2.55 bits per heavy atom. The van der Waals surface area contributed by atoms with Crippen LogP contribution in [0, 0.1) is 0 Å². The molecule has 0 aliphatic rings. The molecule has 0 spiro atoms. The molecule has 58 valence electrons. The van der Waals surface area contributed by atoms with Crippen LogP contribution >= 0.6 is 11.8 Å². The molecular formula is C8H10N2S. The van der Waals surface area contributed by atoms with Crippen LogP contribution in [0.3, 0.4) is 0 Å². The molecular weight excluding hydrogens is 156 g/mol. The van der Waals surface area contributed by atoms with Crippen molar-refractivity contribution in [1.82, 2.24) is 4.98 Å². The first-order chi connectivity index (χ1) is 5.38. The van der Waals surface area contributed by atoms with Gasteiger partial charge in [-0.1, -0.05) is 6.92 Å². The summed E-state index contributed by atoms with van der Waals surface area (Å²) < 4.78 is 0. The molecule has 1 aromatic heterocycles. The third kappa shape index (κ3) is 2.05. The zero-order chi connectivity index (χ0) is 8.10. The highest BCUT2D eigenvalue weighted by Crippen LogP contribution is 2.25. The maximum absolute atomic E-state index is 4.07. The molecule has 0 bridgehead atoms. The second kappa shape index (κ2) is 4.13. The Kier molecular flexibility index (Phi) is 3.11. The Bertz CT molecular complexity index is 248. The monoisotopic (exact) mass is 166 g/mol. The quantitative estimate of drug-likeness (QED) is 0.509. The van der Waals surface area contributed by atoms with Crippen LogP contribution in [0.1, 0.15) is 6.92 Å². The van der Waals surface area contributed by atoms with E-state index >= 15 is 0 Å². The lowest BCUT2D eigenvalue weighted by Crippen LogP contribution is -1.77. The first kappa shape index (κ1) is 8.27. The van der Waals surface area contributed by atoms with Gasteiger partial charge in [0.05, 0.1) is 4.90 Å². The van der Waals surface area contributed by atoms with Crippen LogP contribution in [0.25, 0.3) is 0 Å². The van der Waals surface area contributed by atoms with Crippen molar-refractivity contribution in [3.8, 4) is 0 Å². The average Bonchev–Trinajstić information content (AvgIpc) is 2.06. The van der Waals surface area contributed by atoms with Gasteiger partial charge in [-0.25, -0.2) is 9.98 Å². The minimum Gasteiger partial charge on any atom is -0.244 e. The number of thioether (sulfide) groups is 1. The molecule has 0 fully saturated rings. The van der Waals surface area contributed by atoms with Crippen LogP contribution < -0.4 is 0 Å². The highest BCUT2D eigenvalue weighted by Gasteiger charge is 1.98. The number of hydrogen-bond donors (Lipinski definition) is 0. The van der Waals surface area contributed by atoms with Crippen molar-refractivity contribution in [2.24, 2.45) is 4.99 Å². The molecule has 1 heterocycles. The van der Waals surface area contributed by atoms with Crippen LogP contribution in [0.5, 0.6) is 0 Å². The molecule has 0 atom stereocenters. The molecule has 0 aliphatic heterocycles. The molecule has 0 saturated heterocycles. The van der Waals surface area contributed by atoms with Crippen molar-refractivity contribution in [3.05, 3.63) is 18.3 Å². The summed E-state index contributed by atoms with van der Waals surface area (Å²) in [5, 5.41) is 0. The summed E-state index contributed by atoms with van der Waals surface area (Å²) in [6.07, 6.45) is 1.73. The van der Waals surface area contributed by atoms with E-state index in [-0.39, 0.29) is 0 Å². The predicted octanol–water partition coefficient (Wildman–Crippen LogP) is 2.53. The lowest BCUT2D eigenvalue weighted by molar-refractivity contribution is 1.20. The standard InChI is InChI=1S/C8H10N2S/c1-3-11-7-5-4-6-10-8(7)9-2/h4-6H,2-3H2,1H3. The van der Waals surface area contributed by atoms with E-state index in [1.807, 2.05) is 12.1 Å². The Labute approximate surface area is 70.8 Å². The Balaban J connectivity index is 2.92. The average molecular weight is 166 g/mol. The van der Waals surface area contributed by atoms with Gasteiger partial charge < -0.3 is 0 Å². The van der Waals surface area contributed by atoms with E-state index in [2.05, 4.69) is 23.6 Å². The van der Waals surface area contributed by atoms with Crippen LogP contribution in [-0.4, -0.2) is 17.5 Å². The number of aromatic nitrogens is 1. The van der Waals surface area contributed by atoms with E-state index in [1.54, 1.807) is 18.0 Å². The van der Waals surface area contributed by atoms with E-state index in [1.165, 1.54) is 0 Å². The summed E-state index contributed by atoms with van der Waals surface area (Å²) in [6, 6.07) is 3.91. The van der Waals surface area contributed by atoms with Crippen molar-refractivity contribution in [2.45, 2.75) is 11.8 Å². The maximum Gasteiger partial charge on any atom is 0.165 e. The van der Waals surface area contributed by atoms with Crippen LogP contribution in [0.2, 0.25) is 0 Å². The van der Waals surface area contributed by atoms with Crippen molar-refractivity contribution in [3.63, 3.8) is 0 Å². The first-order valence-corrected chi connectivity index (χ1v) is 4.41. The van der Waals surface area contributed by atoms with Gasteiger partial charge >= 0.3 is 0 Å². The molecule has 0 amide bonds. The number of pyridine rings is 1. The molecule has 1 aromatic rings. The van der Waals surface area contributed by atoms with Gasteiger partial charge in [-0.3, -0.25) is 0 Å². The Morgan fingerprint density at radius 1 is 1.73 bits per heavy atom. The molecule has 0 aliphatic carbocycles. The number of nitrogens with zero attached hydrogens (tertiary/aromatic N) is 2. The summed E-state index contributed by atoms with van der Waals surface area (Å²) >= 11 is 1.73. The minimum atomic E-state index is 0.736. The second-order valence-corrected chi connectivity index (χ2v) is 3.22. The molecule has 3 heteroatoms. The van der Waals surface area contributed by atoms with Gasteiger partial charge in [0.2, 0.25) is 0 Å². The largest absolute Gasteiger partial charge is 0.244 e. The number of aliphatic imine (C=N–C) groups is 1. The molecule has 0 N–H and O–H groups in total. The minimum absolute atomic E-state index is 0.736. The second-order valence-electron chi connectivity index (χ2n) is 1.92. The lowest BCUT2D eigenvalue weighted by atomic mass is 10.5. The summed E-state index contributed by atoms with van der Waals surface area (Å²) in [5.41, 5.74) is 0. The fraction of sp³-hybridized carbons (Fsp3) is 0.250. The zero-order valence-electron chi connectivity index (χ0n) is 6.45. The van der Waals surface area contributed by atoms with Crippen LogP contribution in [0.4, 0.5) is 5.82 Å². The highest BCUT2D eigenvalue weighted by molar-refractivity contribution is 7.99. The molecule has 0 unspecified atom stereocenters. The molecule has 0 radical (unpaired) electrons. The van der Waals surface area contributed by atoms with Crippen molar-refractivity contribution < 1.29 is 0 Å². The van der Waals surface area contributed by atoms with Gasteiger partial charge in [-0.15, -0.1) is 11.8 Å². The van der Waals surface area contributed by atoms with Gasteiger partial charge in [0.25, 0.3) is 0 Å². The van der Waals surface area contributed by atoms with Crippen molar-refractivity contribution in [1.29, 1.82) is 0 Å². The fourth-order valence-corrected chi connectivity index (χ4v) is 1.50.